The molecule has 2 rings (SSSR count). The Bertz CT molecular complexity index is 696. The van der Waals surface area contributed by atoms with Gasteiger partial charge in [-0.1, -0.05) is 0 Å². The fraction of sp³-hybridized carbons (Fsp3) is 0.500. The highest BCUT2D eigenvalue weighted by Crippen LogP contribution is 2.43. The van der Waals surface area contributed by atoms with Gasteiger partial charge in [-0.2, -0.15) is 13.2 Å². The zero-order valence-corrected chi connectivity index (χ0v) is 13.2. The molecule has 6 heteroatoms. The van der Waals surface area contributed by atoms with Gasteiger partial charge in [0.15, 0.2) is 6.10 Å². The van der Waals surface area contributed by atoms with Crippen LogP contribution in [0.25, 0.3) is 10.9 Å². The number of ether oxygens (including phenoxy) is 1. The Morgan fingerprint density at radius 3 is 2.27 bits per heavy atom. The number of methoxy groups -OCH3 is 1. The van der Waals surface area contributed by atoms with Crippen molar-refractivity contribution in [2.75, 3.05) is 7.11 Å². The van der Waals surface area contributed by atoms with E-state index in [0.717, 1.165) is 5.56 Å². The maximum atomic E-state index is 13.0. The molecule has 122 valence electrons. The molecule has 0 bridgehead atoms. The summed E-state index contributed by atoms with van der Waals surface area (Å²) in [6.45, 7) is 7.72. The van der Waals surface area contributed by atoms with E-state index < -0.39 is 12.3 Å². The Kier molecular flexibility index (Phi) is 3.94. The van der Waals surface area contributed by atoms with E-state index in [9.17, 15) is 18.3 Å². The van der Waals surface area contributed by atoms with Crippen molar-refractivity contribution in [1.29, 1.82) is 0 Å². The number of hydrogen-bond donors (Lipinski definition) is 1. The number of aryl methyl sites for hydroxylation is 1. The number of aliphatic hydroxyl groups is 1. The average Bonchev–Trinajstić information content (AvgIpc) is 2.81. The van der Waals surface area contributed by atoms with Crippen LogP contribution >= 0.6 is 0 Å². The summed E-state index contributed by atoms with van der Waals surface area (Å²) in [5.74, 6) is 0.0430. The standard InChI is InChI=1S/C16H20F3NO2/c1-9-8-11(22-5)12(14(21)16(17,18)19)10-6-7-20(13(9)10)15(2,3)4/h6-8,14,21H,1-5H3. The van der Waals surface area contributed by atoms with E-state index in [1.807, 2.05) is 32.3 Å². The normalized spacial score (nSPS) is 14.4. The first-order chi connectivity index (χ1) is 9.98. The smallest absolute Gasteiger partial charge is 0.418 e. The van der Waals surface area contributed by atoms with Crippen LogP contribution in [0.5, 0.6) is 5.75 Å². The number of fused-ring (bicyclic) bond motifs is 1. The second-order valence-corrected chi connectivity index (χ2v) is 6.37. The van der Waals surface area contributed by atoms with E-state index in [1.54, 1.807) is 12.3 Å². The predicted octanol–water partition coefficient (Wildman–Crippen LogP) is 4.31. The van der Waals surface area contributed by atoms with Crippen molar-refractivity contribution in [2.24, 2.45) is 0 Å². The van der Waals surface area contributed by atoms with Crippen molar-refractivity contribution >= 4 is 10.9 Å². The monoisotopic (exact) mass is 315 g/mol. The average molecular weight is 315 g/mol. The highest BCUT2D eigenvalue weighted by Gasteiger charge is 2.42. The molecule has 1 N–H and O–H groups in total. The lowest BCUT2D eigenvalue weighted by Crippen LogP contribution is -2.22. The second-order valence-electron chi connectivity index (χ2n) is 6.37. The highest BCUT2D eigenvalue weighted by molar-refractivity contribution is 5.89. The van der Waals surface area contributed by atoms with Gasteiger partial charge in [0.2, 0.25) is 0 Å². The minimum Gasteiger partial charge on any atom is -0.496 e. The van der Waals surface area contributed by atoms with E-state index >= 15 is 0 Å². The zero-order valence-electron chi connectivity index (χ0n) is 13.2. The van der Waals surface area contributed by atoms with Gasteiger partial charge in [0, 0.05) is 22.7 Å². The van der Waals surface area contributed by atoms with E-state index in [-0.39, 0.29) is 16.9 Å². The fourth-order valence-electron chi connectivity index (χ4n) is 2.70. The van der Waals surface area contributed by atoms with Crippen LogP contribution in [0, 0.1) is 6.92 Å². The first-order valence-electron chi connectivity index (χ1n) is 6.92. The van der Waals surface area contributed by atoms with Crippen molar-refractivity contribution in [2.45, 2.75) is 45.5 Å². The number of rotatable bonds is 2. The molecular weight excluding hydrogens is 295 g/mol. The summed E-state index contributed by atoms with van der Waals surface area (Å²) in [6, 6.07) is 3.13. The van der Waals surface area contributed by atoms with Gasteiger partial charge in [-0.3, -0.25) is 0 Å². The second kappa shape index (κ2) is 5.19. The Morgan fingerprint density at radius 1 is 1.23 bits per heavy atom. The molecule has 0 radical (unpaired) electrons. The molecular formula is C16H20F3NO2. The van der Waals surface area contributed by atoms with E-state index in [4.69, 9.17) is 4.74 Å². The van der Waals surface area contributed by atoms with Crippen molar-refractivity contribution in [3.05, 3.63) is 29.5 Å². The molecule has 0 aliphatic carbocycles. The fourth-order valence-corrected chi connectivity index (χ4v) is 2.70. The van der Waals surface area contributed by atoms with Gasteiger partial charge in [-0.25, -0.2) is 0 Å². The van der Waals surface area contributed by atoms with Gasteiger partial charge < -0.3 is 14.4 Å². The summed E-state index contributed by atoms with van der Waals surface area (Å²) in [5, 5.41) is 10.1. The predicted molar refractivity (Wildman–Crippen MR) is 79.2 cm³/mol. The van der Waals surface area contributed by atoms with Crippen LogP contribution in [-0.4, -0.2) is 23.0 Å². The SMILES string of the molecule is COc1cc(C)c2c(ccn2C(C)(C)C)c1C(O)C(F)(F)F. The van der Waals surface area contributed by atoms with Crippen LogP contribution in [0.15, 0.2) is 18.3 Å². The molecule has 3 nitrogen and oxygen atoms in total. The number of aliphatic hydroxyl groups excluding tert-OH is 1. The summed E-state index contributed by atoms with van der Waals surface area (Å²) < 4.78 is 46.0. The van der Waals surface area contributed by atoms with Crippen molar-refractivity contribution in [3.63, 3.8) is 0 Å². The van der Waals surface area contributed by atoms with Crippen LogP contribution in [-0.2, 0) is 5.54 Å². The summed E-state index contributed by atoms with van der Waals surface area (Å²) in [5.41, 5.74) is 0.941. The molecule has 0 amide bonds. The van der Waals surface area contributed by atoms with Crippen LogP contribution in [0.3, 0.4) is 0 Å². The molecule has 0 aliphatic rings. The molecule has 1 unspecified atom stereocenters. The van der Waals surface area contributed by atoms with Crippen LogP contribution in [0.4, 0.5) is 13.2 Å². The van der Waals surface area contributed by atoms with Crippen LogP contribution < -0.4 is 4.74 Å². The van der Waals surface area contributed by atoms with Gasteiger partial charge in [-0.05, 0) is 45.4 Å². The van der Waals surface area contributed by atoms with Gasteiger partial charge in [-0.15, -0.1) is 0 Å². The molecule has 0 fully saturated rings. The number of aromatic nitrogens is 1. The van der Waals surface area contributed by atoms with Gasteiger partial charge in [0.25, 0.3) is 0 Å². The Morgan fingerprint density at radius 2 is 1.82 bits per heavy atom. The molecule has 0 saturated heterocycles. The highest BCUT2D eigenvalue weighted by atomic mass is 19.4. The van der Waals surface area contributed by atoms with E-state index in [2.05, 4.69) is 0 Å². The first-order valence-corrected chi connectivity index (χ1v) is 6.92. The minimum atomic E-state index is -4.75. The molecule has 0 aliphatic heterocycles. The Hall–Kier alpha value is -1.69. The van der Waals surface area contributed by atoms with Gasteiger partial charge in [0.05, 0.1) is 12.6 Å². The van der Waals surface area contributed by atoms with E-state index in [0.29, 0.717) is 10.9 Å². The molecule has 22 heavy (non-hydrogen) atoms. The number of nitrogens with zero attached hydrogens (tertiary/aromatic N) is 1. The Labute approximate surface area is 127 Å². The Balaban J connectivity index is 2.86. The number of alkyl halides is 3. The summed E-state index contributed by atoms with van der Waals surface area (Å²) in [6.07, 6.45) is -5.59. The maximum Gasteiger partial charge on any atom is 0.418 e. The van der Waals surface area contributed by atoms with Crippen molar-refractivity contribution in [1.82, 2.24) is 4.57 Å². The number of benzene rings is 1. The lowest BCUT2D eigenvalue weighted by molar-refractivity contribution is -0.206. The van der Waals surface area contributed by atoms with Crippen molar-refractivity contribution in [3.8, 4) is 5.75 Å². The number of halogens is 3. The molecule has 1 heterocycles. The topological polar surface area (TPSA) is 34.4 Å². The minimum absolute atomic E-state index is 0.0430. The summed E-state index contributed by atoms with van der Waals surface area (Å²) in [7, 11) is 1.30. The van der Waals surface area contributed by atoms with Gasteiger partial charge >= 0.3 is 6.18 Å². The first kappa shape index (κ1) is 16.7. The number of hydrogen-bond acceptors (Lipinski definition) is 2. The van der Waals surface area contributed by atoms with Crippen molar-refractivity contribution < 1.29 is 23.0 Å². The molecule has 1 aromatic carbocycles. The third-order valence-electron chi connectivity index (χ3n) is 3.69. The summed E-state index contributed by atoms with van der Waals surface area (Å²) in [4.78, 5) is 0. The quantitative estimate of drug-likeness (QED) is 0.896. The van der Waals surface area contributed by atoms with Crippen LogP contribution in [0.1, 0.15) is 38.0 Å². The molecule has 2 aromatic rings. The molecule has 0 spiro atoms. The van der Waals surface area contributed by atoms with E-state index in [1.165, 1.54) is 13.2 Å². The zero-order chi connectivity index (χ0) is 16.9. The lowest BCUT2D eigenvalue weighted by atomic mass is 9.99. The summed E-state index contributed by atoms with van der Waals surface area (Å²) >= 11 is 0. The largest absolute Gasteiger partial charge is 0.496 e. The maximum absolute atomic E-state index is 13.0. The molecule has 0 saturated carbocycles. The third kappa shape index (κ3) is 2.67. The lowest BCUT2D eigenvalue weighted by Gasteiger charge is -2.25. The molecule has 1 atom stereocenters. The van der Waals surface area contributed by atoms with Crippen LogP contribution in [0.2, 0.25) is 0 Å². The molecule has 1 aromatic heterocycles. The van der Waals surface area contributed by atoms with Gasteiger partial charge in [0.1, 0.15) is 5.75 Å². The third-order valence-corrected chi connectivity index (χ3v) is 3.69.